The summed E-state index contributed by atoms with van der Waals surface area (Å²) < 4.78 is 2.94. The monoisotopic (exact) mass is 300 g/mol. The molecule has 1 saturated carbocycles. The number of aromatic nitrogens is 1. The summed E-state index contributed by atoms with van der Waals surface area (Å²) in [5, 5.41) is 11.9. The second-order valence-electron chi connectivity index (χ2n) is 4.44. The topological polar surface area (TPSA) is 54.3 Å². The van der Waals surface area contributed by atoms with Crippen molar-refractivity contribution in [2.75, 3.05) is 6.61 Å². The van der Waals surface area contributed by atoms with Gasteiger partial charge in [0.2, 0.25) is 0 Å². The smallest absolute Gasteiger partial charge is 0.268 e. The third-order valence-corrected chi connectivity index (χ3v) is 3.47. The fraction of sp³-hybridized carbons (Fsp3) is 0.583. The van der Waals surface area contributed by atoms with E-state index in [2.05, 4.69) is 21.2 Å². The Balaban J connectivity index is 2.12. The minimum atomic E-state index is -0.163. The summed E-state index contributed by atoms with van der Waals surface area (Å²) in [6.45, 7) is 1.92. The summed E-state index contributed by atoms with van der Waals surface area (Å²) in [5.41, 5.74) is 0.672. The number of aliphatic hydroxyl groups is 1. The molecule has 0 radical (unpaired) electrons. The number of hydrogen-bond donors (Lipinski definition) is 2. The van der Waals surface area contributed by atoms with Crippen molar-refractivity contribution in [2.45, 2.75) is 38.3 Å². The number of rotatable bonds is 5. The van der Waals surface area contributed by atoms with Crippen molar-refractivity contribution in [2.24, 2.45) is 0 Å². The van der Waals surface area contributed by atoms with Crippen molar-refractivity contribution < 1.29 is 9.90 Å². The first-order valence-electron chi connectivity index (χ1n) is 5.94. The van der Waals surface area contributed by atoms with Crippen LogP contribution in [0.4, 0.5) is 0 Å². The van der Waals surface area contributed by atoms with Gasteiger partial charge >= 0.3 is 0 Å². The maximum Gasteiger partial charge on any atom is 0.268 e. The van der Waals surface area contributed by atoms with Gasteiger partial charge in [-0.2, -0.15) is 0 Å². The van der Waals surface area contributed by atoms with Gasteiger partial charge in [-0.15, -0.1) is 0 Å². The molecule has 1 atom stereocenters. The van der Waals surface area contributed by atoms with E-state index in [1.165, 1.54) is 0 Å². The molecule has 2 rings (SSSR count). The Labute approximate surface area is 109 Å². The van der Waals surface area contributed by atoms with Gasteiger partial charge in [0, 0.05) is 16.7 Å². The molecule has 1 fully saturated rings. The second kappa shape index (κ2) is 5.23. The summed E-state index contributed by atoms with van der Waals surface area (Å²) in [7, 11) is 0. The van der Waals surface area contributed by atoms with Crippen LogP contribution < -0.4 is 5.32 Å². The molecule has 1 aliphatic rings. The van der Waals surface area contributed by atoms with Gasteiger partial charge in [-0.3, -0.25) is 4.79 Å². The first-order chi connectivity index (χ1) is 8.15. The zero-order chi connectivity index (χ0) is 12.4. The predicted octanol–water partition coefficient (Wildman–Crippen LogP) is 2.09. The van der Waals surface area contributed by atoms with Crippen LogP contribution in [0.2, 0.25) is 0 Å². The van der Waals surface area contributed by atoms with Crippen LogP contribution in [0.1, 0.15) is 42.7 Å². The van der Waals surface area contributed by atoms with E-state index in [-0.39, 0.29) is 18.6 Å². The highest BCUT2D eigenvalue weighted by atomic mass is 79.9. The molecule has 5 heteroatoms. The number of nitrogens with zero attached hydrogens (tertiary/aromatic N) is 1. The van der Waals surface area contributed by atoms with E-state index in [1.54, 1.807) is 0 Å². The molecule has 94 valence electrons. The Hall–Kier alpha value is -0.810. The van der Waals surface area contributed by atoms with Gasteiger partial charge in [0.15, 0.2) is 0 Å². The van der Waals surface area contributed by atoms with Gasteiger partial charge in [-0.1, -0.05) is 6.92 Å². The van der Waals surface area contributed by atoms with Crippen molar-refractivity contribution in [3.05, 3.63) is 22.4 Å². The quantitative estimate of drug-likeness (QED) is 0.875. The van der Waals surface area contributed by atoms with Gasteiger partial charge in [0.05, 0.1) is 12.6 Å². The van der Waals surface area contributed by atoms with Crippen LogP contribution in [-0.2, 0) is 0 Å². The SMILES string of the molecule is CC[C@H](CO)NC(=O)c1cc(Br)cn1C1CC1. The van der Waals surface area contributed by atoms with Crippen molar-refractivity contribution in [1.82, 2.24) is 9.88 Å². The molecule has 1 aromatic rings. The third-order valence-electron chi connectivity index (χ3n) is 3.04. The van der Waals surface area contributed by atoms with Gasteiger partial charge in [0.25, 0.3) is 5.91 Å². The van der Waals surface area contributed by atoms with Crippen molar-refractivity contribution >= 4 is 21.8 Å². The third kappa shape index (κ3) is 2.90. The number of carbonyl (C=O) groups excluding carboxylic acids is 1. The molecule has 1 aliphatic carbocycles. The maximum atomic E-state index is 12.1. The van der Waals surface area contributed by atoms with Crippen LogP contribution in [0.25, 0.3) is 0 Å². The second-order valence-corrected chi connectivity index (χ2v) is 5.36. The summed E-state index contributed by atoms with van der Waals surface area (Å²) in [5.74, 6) is -0.108. The van der Waals surface area contributed by atoms with Gasteiger partial charge in [-0.05, 0) is 41.3 Å². The Bertz CT molecular complexity index is 409. The lowest BCUT2D eigenvalue weighted by molar-refractivity contribution is 0.0905. The molecule has 4 nitrogen and oxygen atoms in total. The van der Waals surface area contributed by atoms with E-state index in [4.69, 9.17) is 5.11 Å². The Kier molecular flexibility index (Phi) is 3.89. The van der Waals surface area contributed by atoms with E-state index >= 15 is 0 Å². The molecule has 1 heterocycles. The fourth-order valence-electron chi connectivity index (χ4n) is 1.82. The van der Waals surface area contributed by atoms with Gasteiger partial charge < -0.3 is 15.0 Å². The van der Waals surface area contributed by atoms with Gasteiger partial charge in [0.1, 0.15) is 5.69 Å². The van der Waals surface area contributed by atoms with Gasteiger partial charge in [-0.25, -0.2) is 0 Å². The van der Waals surface area contributed by atoms with E-state index < -0.39 is 0 Å². The minimum Gasteiger partial charge on any atom is -0.394 e. The Morgan fingerprint density at radius 3 is 2.94 bits per heavy atom. The van der Waals surface area contributed by atoms with Crippen molar-refractivity contribution in [3.8, 4) is 0 Å². The standard InChI is InChI=1S/C12H17BrN2O2/c1-2-9(7-16)14-12(17)11-5-8(13)6-15(11)10-3-4-10/h5-6,9-10,16H,2-4,7H2,1H3,(H,14,17)/t9-/m1/s1. The fourth-order valence-corrected chi connectivity index (χ4v) is 2.26. The molecular weight excluding hydrogens is 284 g/mol. The number of nitrogens with one attached hydrogen (secondary N) is 1. The average Bonchev–Trinajstić information content (AvgIpc) is 3.09. The highest BCUT2D eigenvalue weighted by molar-refractivity contribution is 9.10. The zero-order valence-electron chi connectivity index (χ0n) is 9.82. The van der Waals surface area contributed by atoms with E-state index in [1.807, 2.05) is 23.8 Å². The van der Waals surface area contributed by atoms with E-state index in [0.29, 0.717) is 11.7 Å². The summed E-state index contributed by atoms with van der Waals surface area (Å²) >= 11 is 3.40. The summed E-state index contributed by atoms with van der Waals surface area (Å²) in [6.07, 6.45) is 4.96. The number of halogens is 1. The number of carbonyl (C=O) groups is 1. The largest absolute Gasteiger partial charge is 0.394 e. The van der Waals surface area contributed by atoms with E-state index in [9.17, 15) is 4.79 Å². The molecule has 0 aromatic carbocycles. The van der Waals surface area contributed by atoms with E-state index in [0.717, 1.165) is 23.7 Å². The molecule has 17 heavy (non-hydrogen) atoms. The number of aliphatic hydroxyl groups excluding tert-OH is 1. The zero-order valence-corrected chi connectivity index (χ0v) is 11.4. The molecule has 0 bridgehead atoms. The van der Waals surface area contributed by atoms with Crippen molar-refractivity contribution in [1.29, 1.82) is 0 Å². The van der Waals surface area contributed by atoms with Crippen LogP contribution in [0.15, 0.2) is 16.7 Å². The predicted molar refractivity (Wildman–Crippen MR) is 69.0 cm³/mol. The maximum absolute atomic E-state index is 12.1. The highest BCUT2D eigenvalue weighted by Crippen LogP contribution is 2.37. The lowest BCUT2D eigenvalue weighted by Crippen LogP contribution is -2.37. The molecule has 1 amide bonds. The lowest BCUT2D eigenvalue weighted by Gasteiger charge is -2.15. The molecule has 2 N–H and O–H groups in total. The Morgan fingerprint density at radius 1 is 1.71 bits per heavy atom. The number of amides is 1. The normalized spacial score (nSPS) is 16.9. The Morgan fingerprint density at radius 2 is 2.41 bits per heavy atom. The van der Waals surface area contributed by atoms with Crippen LogP contribution in [0, 0.1) is 0 Å². The molecular formula is C12H17BrN2O2. The van der Waals surface area contributed by atoms with Crippen LogP contribution >= 0.6 is 15.9 Å². The minimum absolute atomic E-state index is 0.0203. The lowest BCUT2D eigenvalue weighted by atomic mass is 10.2. The highest BCUT2D eigenvalue weighted by Gasteiger charge is 2.28. The average molecular weight is 301 g/mol. The molecule has 1 aromatic heterocycles. The number of hydrogen-bond acceptors (Lipinski definition) is 2. The first kappa shape index (κ1) is 12.6. The van der Waals surface area contributed by atoms with Crippen LogP contribution in [0.3, 0.4) is 0 Å². The first-order valence-corrected chi connectivity index (χ1v) is 6.74. The van der Waals surface area contributed by atoms with Crippen LogP contribution in [-0.4, -0.2) is 28.2 Å². The van der Waals surface area contributed by atoms with Crippen LogP contribution in [0.5, 0.6) is 0 Å². The molecule has 0 aliphatic heterocycles. The van der Waals surface area contributed by atoms with Crippen molar-refractivity contribution in [3.63, 3.8) is 0 Å². The molecule has 0 spiro atoms. The molecule has 0 unspecified atom stereocenters. The summed E-state index contributed by atoms with van der Waals surface area (Å²) in [4.78, 5) is 12.1. The molecule has 0 saturated heterocycles. The summed E-state index contributed by atoms with van der Waals surface area (Å²) in [6, 6.07) is 2.14.